The van der Waals surface area contributed by atoms with Crippen molar-refractivity contribution >= 4 is 29.1 Å². The second-order valence-corrected chi connectivity index (χ2v) is 20.6. The minimum absolute atomic E-state index is 0.160. The van der Waals surface area contributed by atoms with Crippen LogP contribution in [0.3, 0.4) is 0 Å². The molecule has 7 heteroatoms. The maximum absolute atomic E-state index is 11.2. The van der Waals surface area contributed by atoms with Gasteiger partial charge in [0.15, 0.2) is 0 Å². The van der Waals surface area contributed by atoms with Crippen LogP contribution in [-0.2, 0) is 15.6 Å². The Labute approximate surface area is 351 Å². The largest absolute Gasteiger partial charge is 0.400 e. The highest BCUT2D eigenvalue weighted by Gasteiger charge is 2.65. The van der Waals surface area contributed by atoms with E-state index in [0.29, 0.717) is 16.2 Å². The molecular formula is C50H82N2O4S. The summed E-state index contributed by atoms with van der Waals surface area (Å²) in [5.41, 5.74) is 6.36. The van der Waals surface area contributed by atoms with Crippen molar-refractivity contribution in [1.82, 2.24) is 10.2 Å². The number of carbonyl (C=O) groups is 2. The molecule has 5 aliphatic carbocycles. The van der Waals surface area contributed by atoms with Gasteiger partial charge in [-0.3, -0.25) is 13.8 Å². The topological polar surface area (TPSA) is 86.7 Å². The van der Waals surface area contributed by atoms with E-state index >= 15 is 0 Å². The van der Waals surface area contributed by atoms with E-state index in [-0.39, 0.29) is 5.41 Å². The average molecular weight is 807 g/mol. The number of fused-ring (bicyclic) bond motifs is 7. The number of rotatable bonds is 8. The van der Waals surface area contributed by atoms with E-state index in [0.717, 1.165) is 99.1 Å². The second kappa shape index (κ2) is 22.3. The Morgan fingerprint density at radius 1 is 0.895 bits per heavy atom. The third kappa shape index (κ3) is 11.1. The van der Waals surface area contributed by atoms with Gasteiger partial charge in [-0.1, -0.05) is 96.0 Å². The number of hydrogen-bond donors (Lipinski definition) is 2. The summed E-state index contributed by atoms with van der Waals surface area (Å²) < 4.78 is 11.0. The fourth-order valence-corrected chi connectivity index (χ4v) is 14.2. The molecule has 2 N–H and O–H groups in total. The number of aliphatic hydroxyl groups excluding tert-OH is 1. The first kappa shape index (κ1) is 49.0. The third-order valence-electron chi connectivity index (χ3n) is 15.2. The summed E-state index contributed by atoms with van der Waals surface area (Å²) in [6.07, 6.45) is 24.5. The number of amides is 1. The molecule has 1 amide bonds. The molecule has 1 saturated heterocycles. The molecular weight excluding hydrogens is 725 g/mol. The minimum Gasteiger partial charge on any atom is -0.400 e. The number of hydrogen-bond acceptors (Lipinski definition) is 5. The first-order chi connectivity index (χ1) is 27.3. The van der Waals surface area contributed by atoms with Crippen LogP contribution >= 0.6 is 0 Å². The van der Waals surface area contributed by atoms with Crippen LogP contribution < -0.4 is 5.32 Å². The molecule has 1 heterocycles. The van der Waals surface area contributed by atoms with Gasteiger partial charge in [-0.15, -0.1) is 6.58 Å². The fraction of sp³-hybridized carbons (Fsp3) is 0.720. The Kier molecular flexibility index (Phi) is 19.2. The molecule has 6 aliphatic rings. The van der Waals surface area contributed by atoms with Gasteiger partial charge in [-0.05, 0) is 154 Å². The van der Waals surface area contributed by atoms with Crippen LogP contribution in [0.1, 0.15) is 149 Å². The van der Waals surface area contributed by atoms with Crippen molar-refractivity contribution in [3.05, 3.63) is 65.8 Å². The molecule has 3 unspecified atom stereocenters. The Balaban J connectivity index is 0.000000345. The highest BCUT2D eigenvalue weighted by Crippen LogP contribution is 2.73. The van der Waals surface area contributed by atoms with Gasteiger partial charge in [0, 0.05) is 54.6 Å². The first-order valence-corrected chi connectivity index (χ1v) is 24.0. The molecule has 57 heavy (non-hydrogen) atoms. The van der Waals surface area contributed by atoms with Crippen molar-refractivity contribution in [3.63, 3.8) is 0 Å². The van der Waals surface area contributed by atoms with E-state index < -0.39 is 10.8 Å². The van der Waals surface area contributed by atoms with E-state index in [4.69, 9.17) is 5.11 Å². The standard InChI is InChI=1S/C35H48O.C8H16N2O2S.C4H8.C2H6.CH4O/c1-6-18-35-19-7-8-29(35)26-13-14-31-33(4,28(26)16-22-35)21-17-30-32(2,3)27(15-20-34(30,31)5)25-11-9-24(23-36)10-12-25;11-8-9-2-1-3-10-4-6-13(12)7-5-10;1-4(2)3;2*1-2/h6,9-12,15,18,23,26,28-31H,7-8,13-14,16-17,19-22H2,1-5H3;8H,1-7H2,(H,9,11);1H2,2-3H3;1-2H3;2H,1H3/b18-6+;;;;/t26-,28?,29+,30?,31?,33-,34-,35+;;;;/m0..../s1. The Hall–Kier alpha value is -2.35. The maximum Gasteiger partial charge on any atom is 0.207 e. The molecule has 7 rings (SSSR count). The highest BCUT2D eigenvalue weighted by atomic mass is 32.2. The van der Waals surface area contributed by atoms with Gasteiger partial charge in [-0.2, -0.15) is 0 Å². The maximum atomic E-state index is 11.2. The van der Waals surface area contributed by atoms with E-state index in [1.165, 1.54) is 80.9 Å². The SMILES string of the molecule is C/C=C/[C@]12CCC[C@@H]1[C@H]1CCC3[C@@](C)(CCC4C(C)(C)C(c5ccc(C=O)cc5)=CC[C@@]43C)C1CC2.C=C(C)C.CC.CO.O=CNCCCN1CCS(=O)CC1. The summed E-state index contributed by atoms with van der Waals surface area (Å²) in [6, 6.07) is 8.34. The van der Waals surface area contributed by atoms with E-state index in [1.807, 2.05) is 39.8 Å². The average Bonchev–Trinajstić information content (AvgIpc) is 3.63. The molecule has 5 fully saturated rings. The van der Waals surface area contributed by atoms with Crippen LogP contribution in [0.15, 0.2) is 54.6 Å². The monoisotopic (exact) mass is 807 g/mol. The Morgan fingerprint density at radius 2 is 1.54 bits per heavy atom. The molecule has 0 bridgehead atoms. The summed E-state index contributed by atoms with van der Waals surface area (Å²) in [5.74, 6) is 6.01. The molecule has 1 aliphatic heterocycles. The van der Waals surface area contributed by atoms with Crippen LogP contribution in [-0.4, -0.2) is 71.7 Å². The van der Waals surface area contributed by atoms with E-state index in [1.54, 1.807) is 0 Å². The lowest BCUT2D eigenvalue weighted by Crippen LogP contribution is -2.60. The quantitative estimate of drug-likeness (QED) is 0.155. The van der Waals surface area contributed by atoms with Crippen molar-refractivity contribution in [3.8, 4) is 0 Å². The predicted octanol–water partition coefficient (Wildman–Crippen LogP) is 10.9. The lowest BCUT2D eigenvalue weighted by molar-refractivity contribution is -0.174. The third-order valence-corrected chi connectivity index (χ3v) is 16.4. The molecule has 4 saturated carbocycles. The number of benzene rings is 1. The Morgan fingerprint density at radius 3 is 2.14 bits per heavy atom. The van der Waals surface area contributed by atoms with Crippen LogP contribution in [0.2, 0.25) is 0 Å². The van der Waals surface area contributed by atoms with Gasteiger partial charge < -0.3 is 15.3 Å². The zero-order valence-corrected chi connectivity index (χ0v) is 38.7. The van der Waals surface area contributed by atoms with Gasteiger partial charge in [0.2, 0.25) is 6.41 Å². The zero-order valence-electron chi connectivity index (χ0n) is 37.8. The van der Waals surface area contributed by atoms with Gasteiger partial charge in [0.05, 0.1) is 0 Å². The molecule has 0 spiro atoms. The number of aliphatic hydroxyl groups is 1. The number of nitrogens with one attached hydrogen (secondary N) is 1. The van der Waals surface area contributed by atoms with Gasteiger partial charge in [-0.25, -0.2) is 0 Å². The van der Waals surface area contributed by atoms with Crippen molar-refractivity contribution in [2.24, 2.45) is 51.2 Å². The predicted molar refractivity (Wildman–Crippen MR) is 244 cm³/mol. The number of aldehydes is 1. The van der Waals surface area contributed by atoms with Gasteiger partial charge in [0.1, 0.15) is 6.29 Å². The van der Waals surface area contributed by atoms with E-state index in [9.17, 15) is 13.8 Å². The molecule has 322 valence electrons. The smallest absolute Gasteiger partial charge is 0.207 e. The summed E-state index contributed by atoms with van der Waals surface area (Å²) >= 11 is 0. The fourth-order valence-electron chi connectivity index (χ4n) is 13.1. The van der Waals surface area contributed by atoms with Crippen LogP contribution in [0, 0.1) is 51.2 Å². The number of carbonyl (C=O) groups excluding carboxylic acids is 2. The van der Waals surface area contributed by atoms with Crippen molar-refractivity contribution in [1.29, 1.82) is 0 Å². The number of allylic oxidation sites excluding steroid dienone is 5. The Bertz CT molecular complexity index is 1500. The molecule has 8 atom stereocenters. The lowest BCUT2D eigenvalue weighted by atomic mass is 9.36. The van der Waals surface area contributed by atoms with E-state index in [2.05, 4.69) is 81.8 Å². The summed E-state index contributed by atoms with van der Waals surface area (Å²) in [7, 11) is 0.417. The van der Waals surface area contributed by atoms with Crippen molar-refractivity contribution in [2.75, 3.05) is 44.8 Å². The summed E-state index contributed by atoms with van der Waals surface area (Å²) in [6.45, 7) is 27.8. The van der Waals surface area contributed by atoms with Crippen molar-refractivity contribution in [2.45, 2.75) is 133 Å². The van der Waals surface area contributed by atoms with Gasteiger partial charge in [0.25, 0.3) is 0 Å². The lowest BCUT2D eigenvalue weighted by Gasteiger charge is -2.68. The molecule has 1 aromatic carbocycles. The minimum atomic E-state index is -0.583. The summed E-state index contributed by atoms with van der Waals surface area (Å²) in [4.78, 5) is 23.4. The highest BCUT2D eigenvalue weighted by molar-refractivity contribution is 7.85. The molecule has 0 radical (unpaired) electrons. The first-order valence-electron chi connectivity index (χ1n) is 22.5. The summed E-state index contributed by atoms with van der Waals surface area (Å²) in [5, 5.41) is 9.63. The zero-order chi connectivity index (χ0) is 42.4. The van der Waals surface area contributed by atoms with Crippen LogP contribution in [0.5, 0.6) is 0 Å². The normalized spacial score (nSPS) is 33.8. The van der Waals surface area contributed by atoms with Crippen LogP contribution in [0.4, 0.5) is 0 Å². The molecule has 6 nitrogen and oxygen atoms in total. The molecule has 1 aromatic rings. The van der Waals surface area contributed by atoms with Crippen LogP contribution in [0.25, 0.3) is 5.57 Å². The van der Waals surface area contributed by atoms with Gasteiger partial charge >= 0.3 is 0 Å². The second-order valence-electron chi connectivity index (χ2n) is 18.9. The van der Waals surface area contributed by atoms with Crippen molar-refractivity contribution < 1.29 is 18.9 Å². The number of nitrogens with zero attached hydrogens (tertiary/aromatic N) is 1. The molecule has 0 aromatic heterocycles.